The summed E-state index contributed by atoms with van der Waals surface area (Å²) in [7, 11) is 0. The van der Waals surface area contributed by atoms with Crippen molar-refractivity contribution in [3.63, 3.8) is 0 Å². The topological polar surface area (TPSA) is 32.3 Å². The van der Waals surface area contributed by atoms with Gasteiger partial charge in [0, 0.05) is 19.1 Å². The van der Waals surface area contributed by atoms with Crippen molar-refractivity contribution in [2.75, 3.05) is 13.1 Å². The zero-order chi connectivity index (χ0) is 13.7. The highest BCUT2D eigenvalue weighted by Crippen LogP contribution is 2.23. The summed E-state index contributed by atoms with van der Waals surface area (Å²) in [4.78, 5) is 14.4. The molecule has 0 bridgehead atoms. The summed E-state index contributed by atoms with van der Waals surface area (Å²) in [6.45, 7) is 6.33. The van der Waals surface area contributed by atoms with E-state index in [9.17, 15) is 4.79 Å². The number of rotatable bonds is 3. The summed E-state index contributed by atoms with van der Waals surface area (Å²) in [5.41, 5.74) is 0. The summed E-state index contributed by atoms with van der Waals surface area (Å²) in [6, 6.07) is 0.546. The van der Waals surface area contributed by atoms with Gasteiger partial charge in [-0.1, -0.05) is 19.8 Å². The highest BCUT2D eigenvalue weighted by Gasteiger charge is 2.25. The Morgan fingerprint density at radius 3 is 2.53 bits per heavy atom. The molecule has 0 aromatic rings. The van der Waals surface area contributed by atoms with E-state index < -0.39 is 0 Å². The molecule has 2 rings (SSSR count). The molecular formula is C16H30N2O. The van der Waals surface area contributed by atoms with Gasteiger partial charge < -0.3 is 10.2 Å². The minimum Gasteiger partial charge on any atom is -0.341 e. The maximum Gasteiger partial charge on any atom is 0.239 e. The van der Waals surface area contributed by atoms with Crippen molar-refractivity contribution in [2.24, 2.45) is 5.92 Å². The average molecular weight is 266 g/mol. The molecule has 3 nitrogen and oxygen atoms in total. The van der Waals surface area contributed by atoms with E-state index in [0.717, 1.165) is 19.0 Å². The van der Waals surface area contributed by atoms with E-state index >= 15 is 0 Å². The molecule has 2 fully saturated rings. The molecule has 1 heterocycles. The van der Waals surface area contributed by atoms with Gasteiger partial charge >= 0.3 is 0 Å². The number of carbonyl (C=O) groups excluding carboxylic acids is 1. The molecule has 110 valence electrons. The number of hydrogen-bond donors (Lipinski definition) is 1. The molecule has 3 heteroatoms. The van der Waals surface area contributed by atoms with Gasteiger partial charge in [0.25, 0.3) is 0 Å². The van der Waals surface area contributed by atoms with Gasteiger partial charge in [-0.3, -0.25) is 4.79 Å². The second kappa shape index (κ2) is 7.28. The van der Waals surface area contributed by atoms with Crippen molar-refractivity contribution in [2.45, 2.75) is 77.3 Å². The van der Waals surface area contributed by atoms with Gasteiger partial charge in [-0.25, -0.2) is 0 Å². The van der Waals surface area contributed by atoms with Crippen LogP contribution in [0.15, 0.2) is 0 Å². The number of likely N-dealkylation sites (tertiary alicyclic amines) is 1. The first-order chi connectivity index (χ1) is 9.16. The minimum atomic E-state index is -0.00324. The van der Waals surface area contributed by atoms with Gasteiger partial charge in [0.05, 0.1) is 6.04 Å². The van der Waals surface area contributed by atoms with Crippen molar-refractivity contribution >= 4 is 5.91 Å². The molecule has 0 aromatic carbocycles. The van der Waals surface area contributed by atoms with Crippen molar-refractivity contribution in [1.82, 2.24) is 10.2 Å². The van der Waals surface area contributed by atoms with E-state index in [1.165, 1.54) is 51.4 Å². The average Bonchev–Trinajstić information content (AvgIpc) is 2.64. The third kappa shape index (κ3) is 4.48. The normalized spacial score (nSPS) is 30.7. The lowest BCUT2D eigenvalue weighted by Gasteiger charge is -2.31. The maximum absolute atomic E-state index is 12.4. The molecule has 3 unspecified atom stereocenters. The Morgan fingerprint density at radius 2 is 1.79 bits per heavy atom. The summed E-state index contributed by atoms with van der Waals surface area (Å²) >= 11 is 0. The first-order valence-corrected chi connectivity index (χ1v) is 8.21. The van der Waals surface area contributed by atoms with Crippen LogP contribution in [0.4, 0.5) is 0 Å². The second-order valence-electron chi connectivity index (χ2n) is 6.58. The lowest BCUT2D eigenvalue weighted by Crippen LogP contribution is -2.49. The number of piperidine rings is 1. The molecule has 3 atom stereocenters. The fourth-order valence-electron chi connectivity index (χ4n) is 3.47. The minimum absolute atomic E-state index is 0.00324. The largest absolute Gasteiger partial charge is 0.341 e. The SMILES string of the molecule is CC1CCCC(NC(C)C(=O)N2CCCCC2)CC1. The molecule has 1 aliphatic carbocycles. The van der Waals surface area contributed by atoms with Crippen molar-refractivity contribution in [1.29, 1.82) is 0 Å². The first kappa shape index (κ1) is 14.8. The fourth-order valence-corrected chi connectivity index (χ4v) is 3.47. The standard InChI is InChI=1S/C16H30N2O/c1-13-7-6-8-15(10-9-13)17-14(2)16(19)18-11-4-3-5-12-18/h13-15,17H,3-12H2,1-2H3. The lowest BCUT2D eigenvalue weighted by atomic mass is 10.0. The molecule has 1 aliphatic heterocycles. The molecular weight excluding hydrogens is 236 g/mol. The highest BCUT2D eigenvalue weighted by molar-refractivity contribution is 5.81. The Bertz CT molecular complexity index is 286. The van der Waals surface area contributed by atoms with Crippen LogP contribution in [0.3, 0.4) is 0 Å². The number of carbonyl (C=O) groups is 1. The zero-order valence-electron chi connectivity index (χ0n) is 12.7. The number of amides is 1. The third-order valence-corrected chi connectivity index (χ3v) is 4.78. The van der Waals surface area contributed by atoms with Gasteiger partial charge in [-0.05, 0) is 51.4 Å². The second-order valence-corrected chi connectivity index (χ2v) is 6.58. The van der Waals surface area contributed by atoms with Crippen LogP contribution in [0.2, 0.25) is 0 Å². The maximum atomic E-state index is 12.4. The summed E-state index contributed by atoms with van der Waals surface area (Å²) in [5, 5.41) is 3.59. The van der Waals surface area contributed by atoms with Crippen LogP contribution < -0.4 is 5.32 Å². The highest BCUT2D eigenvalue weighted by atomic mass is 16.2. The number of hydrogen-bond acceptors (Lipinski definition) is 2. The Labute approximate surface area is 118 Å². The fraction of sp³-hybridized carbons (Fsp3) is 0.938. The summed E-state index contributed by atoms with van der Waals surface area (Å²) < 4.78 is 0. The van der Waals surface area contributed by atoms with Crippen LogP contribution >= 0.6 is 0 Å². The van der Waals surface area contributed by atoms with E-state index in [1.54, 1.807) is 0 Å². The van der Waals surface area contributed by atoms with Gasteiger partial charge in [-0.2, -0.15) is 0 Å². The molecule has 1 saturated heterocycles. The van der Waals surface area contributed by atoms with E-state index in [0.29, 0.717) is 11.9 Å². The monoisotopic (exact) mass is 266 g/mol. The van der Waals surface area contributed by atoms with Crippen LogP contribution in [0.5, 0.6) is 0 Å². The predicted octanol–water partition coefficient (Wildman–Crippen LogP) is 2.95. The molecule has 1 amide bonds. The Balaban J connectivity index is 1.78. The van der Waals surface area contributed by atoms with E-state index in [4.69, 9.17) is 0 Å². The van der Waals surface area contributed by atoms with Crippen LogP contribution in [0.25, 0.3) is 0 Å². The van der Waals surface area contributed by atoms with Crippen LogP contribution in [-0.2, 0) is 4.79 Å². The quantitative estimate of drug-likeness (QED) is 0.797. The summed E-state index contributed by atoms with van der Waals surface area (Å²) in [6.07, 6.45) is 10.1. The van der Waals surface area contributed by atoms with Crippen molar-refractivity contribution in [3.05, 3.63) is 0 Å². The smallest absolute Gasteiger partial charge is 0.239 e. The van der Waals surface area contributed by atoms with E-state index in [2.05, 4.69) is 17.1 Å². The van der Waals surface area contributed by atoms with Crippen molar-refractivity contribution < 1.29 is 4.79 Å². The lowest BCUT2D eigenvalue weighted by molar-refractivity contribution is -0.134. The predicted molar refractivity (Wildman–Crippen MR) is 79.1 cm³/mol. The Morgan fingerprint density at radius 1 is 1.05 bits per heavy atom. The van der Waals surface area contributed by atoms with Crippen LogP contribution in [0.1, 0.15) is 65.2 Å². The van der Waals surface area contributed by atoms with E-state index in [1.807, 2.05) is 6.92 Å². The molecule has 0 radical (unpaired) electrons. The van der Waals surface area contributed by atoms with Gasteiger partial charge in [0.1, 0.15) is 0 Å². The van der Waals surface area contributed by atoms with Crippen LogP contribution in [0, 0.1) is 5.92 Å². The molecule has 1 N–H and O–H groups in total. The number of nitrogens with zero attached hydrogens (tertiary/aromatic N) is 1. The summed E-state index contributed by atoms with van der Waals surface area (Å²) in [5.74, 6) is 1.18. The molecule has 2 aliphatic rings. The number of nitrogens with one attached hydrogen (secondary N) is 1. The van der Waals surface area contributed by atoms with Crippen LogP contribution in [-0.4, -0.2) is 36.0 Å². The van der Waals surface area contributed by atoms with E-state index in [-0.39, 0.29) is 6.04 Å². The van der Waals surface area contributed by atoms with Gasteiger partial charge in [0.15, 0.2) is 0 Å². The Hall–Kier alpha value is -0.570. The third-order valence-electron chi connectivity index (χ3n) is 4.78. The molecule has 19 heavy (non-hydrogen) atoms. The molecule has 1 saturated carbocycles. The van der Waals surface area contributed by atoms with Gasteiger partial charge in [0.2, 0.25) is 5.91 Å². The van der Waals surface area contributed by atoms with Crippen molar-refractivity contribution in [3.8, 4) is 0 Å². The Kier molecular flexibility index (Phi) is 5.68. The first-order valence-electron chi connectivity index (χ1n) is 8.21. The van der Waals surface area contributed by atoms with Gasteiger partial charge in [-0.15, -0.1) is 0 Å². The zero-order valence-corrected chi connectivity index (χ0v) is 12.7. The molecule has 0 aromatic heterocycles. The molecule has 0 spiro atoms.